The first-order chi connectivity index (χ1) is 5.07. The fourth-order valence-electron chi connectivity index (χ4n) is 1.08. The third-order valence-corrected chi connectivity index (χ3v) is 1.77. The normalized spacial score (nSPS) is 15.9. The fraction of sp³-hybridized carbons (Fsp3) is 0.875. The summed E-state index contributed by atoms with van der Waals surface area (Å²) in [6.45, 7) is 3.81. The Kier molecular flexibility index (Phi) is 5.30. The summed E-state index contributed by atoms with van der Waals surface area (Å²) in [5.74, 6) is -0.980. The van der Waals surface area contributed by atoms with Crippen molar-refractivity contribution in [3.05, 3.63) is 0 Å². The van der Waals surface area contributed by atoms with Crippen LogP contribution in [0.3, 0.4) is 0 Å². The molecule has 3 heteroatoms. The van der Waals surface area contributed by atoms with Gasteiger partial charge in [-0.2, -0.15) is 0 Å². The van der Waals surface area contributed by atoms with Gasteiger partial charge in [0.1, 0.15) is 0 Å². The lowest BCUT2D eigenvalue weighted by Gasteiger charge is -2.11. The number of aliphatic carboxylic acids is 1. The standard InChI is InChI=1S/C8H15ClO2/c1-3-4-7(8(10)11)5-6(2)9/h6-7H,3-5H2,1-2H3,(H,10,11). The monoisotopic (exact) mass is 178 g/mol. The van der Waals surface area contributed by atoms with E-state index in [4.69, 9.17) is 16.7 Å². The Labute approximate surface area is 72.6 Å². The van der Waals surface area contributed by atoms with Crippen LogP contribution in [0.4, 0.5) is 0 Å². The van der Waals surface area contributed by atoms with Crippen molar-refractivity contribution < 1.29 is 9.90 Å². The molecule has 66 valence electrons. The van der Waals surface area contributed by atoms with E-state index >= 15 is 0 Å². The summed E-state index contributed by atoms with van der Waals surface area (Å²) < 4.78 is 0. The zero-order valence-electron chi connectivity index (χ0n) is 7.01. The highest BCUT2D eigenvalue weighted by atomic mass is 35.5. The highest BCUT2D eigenvalue weighted by Crippen LogP contribution is 2.16. The second-order valence-electron chi connectivity index (χ2n) is 2.84. The number of rotatable bonds is 5. The molecule has 2 nitrogen and oxygen atoms in total. The second kappa shape index (κ2) is 5.42. The van der Waals surface area contributed by atoms with E-state index in [9.17, 15) is 4.79 Å². The van der Waals surface area contributed by atoms with Crippen molar-refractivity contribution in [1.82, 2.24) is 0 Å². The van der Waals surface area contributed by atoms with E-state index in [1.165, 1.54) is 0 Å². The maximum Gasteiger partial charge on any atom is 0.306 e. The molecule has 0 rings (SSSR count). The highest BCUT2D eigenvalue weighted by Gasteiger charge is 2.17. The number of alkyl halides is 1. The first-order valence-electron chi connectivity index (χ1n) is 3.94. The molecule has 0 aromatic rings. The maximum atomic E-state index is 10.6. The Morgan fingerprint density at radius 2 is 2.18 bits per heavy atom. The average molecular weight is 179 g/mol. The summed E-state index contributed by atoms with van der Waals surface area (Å²) in [4.78, 5) is 10.6. The van der Waals surface area contributed by atoms with Crippen molar-refractivity contribution in [2.75, 3.05) is 0 Å². The molecule has 0 aliphatic heterocycles. The van der Waals surface area contributed by atoms with E-state index in [1.807, 2.05) is 13.8 Å². The summed E-state index contributed by atoms with van der Waals surface area (Å²) in [6, 6.07) is 0. The Morgan fingerprint density at radius 3 is 2.45 bits per heavy atom. The topological polar surface area (TPSA) is 37.3 Å². The van der Waals surface area contributed by atoms with Gasteiger partial charge in [-0.05, 0) is 19.8 Å². The van der Waals surface area contributed by atoms with Crippen LogP contribution < -0.4 is 0 Å². The van der Waals surface area contributed by atoms with Crippen molar-refractivity contribution in [1.29, 1.82) is 0 Å². The van der Waals surface area contributed by atoms with Gasteiger partial charge in [0, 0.05) is 5.38 Å². The quantitative estimate of drug-likeness (QED) is 0.657. The van der Waals surface area contributed by atoms with Crippen LogP contribution in [0.2, 0.25) is 0 Å². The van der Waals surface area contributed by atoms with Gasteiger partial charge in [-0.25, -0.2) is 0 Å². The fourth-order valence-corrected chi connectivity index (χ4v) is 1.30. The average Bonchev–Trinajstić information content (AvgIpc) is 1.86. The molecule has 0 aliphatic rings. The van der Waals surface area contributed by atoms with Crippen molar-refractivity contribution in [3.63, 3.8) is 0 Å². The Morgan fingerprint density at radius 1 is 1.64 bits per heavy atom. The molecule has 0 radical (unpaired) electrons. The summed E-state index contributed by atoms with van der Waals surface area (Å²) in [5.41, 5.74) is 0. The molecule has 0 heterocycles. The molecule has 0 spiro atoms. The van der Waals surface area contributed by atoms with Crippen LogP contribution in [0.25, 0.3) is 0 Å². The molecule has 0 amide bonds. The minimum absolute atomic E-state index is 0.0392. The summed E-state index contributed by atoms with van der Waals surface area (Å²) in [6.07, 6.45) is 2.21. The third-order valence-electron chi connectivity index (χ3n) is 1.60. The SMILES string of the molecule is CCCC(CC(C)Cl)C(=O)O. The van der Waals surface area contributed by atoms with Crippen LogP contribution in [-0.4, -0.2) is 16.5 Å². The molecule has 0 bridgehead atoms. The van der Waals surface area contributed by atoms with Crippen molar-refractivity contribution in [3.8, 4) is 0 Å². The number of carboxylic acid groups (broad SMARTS) is 1. The van der Waals surface area contributed by atoms with Gasteiger partial charge in [-0.3, -0.25) is 4.79 Å². The summed E-state index contributed by atoms with van der Waals surface area (Å²) in [7, 11) is 0. The van der Waals surface area contributed by atoms with Gasteiger partial charge in [0.25, 0.3) is 0 Å². The van der Waals surface area contributed by atoms with Crippen molar-refractivity contribution in [2.24, 2.45) is 5.92 Å². The van der Waals surface area contributed by atoms with E-state index in [0.717, 1.165) is 12.8 Å². The number of hydrogen-bond acceptors (Lipinski definition) is 1. The van der Waals surface area contributed by atoms with Gasteiger partial charge >= 0.3 is 5.97 Å². The number of halogens is 1. The summed E-state index contributed by atoms with van der Waals surface area (Å²) in [5, 5.41) is 8.66. The molecule has 0 saturated carbocycles. The zero-order valence-corrected chi connectivity index (χ0v) is 7.77. The van der Waals surface area contributed by atoms with Crippen LogP contribution in [0, 0.1) is 5.92 Å². The van der Waals surface area contributed by atoms with E-state index in [0.29, 0.717) is 6.42 Å². The van der Waals surface area contributed by atoms with Gasteiger partial charge in [0.15, 0.2) is 0 Å². The first kappa shape index (κ1) is 10.8. The molecular weight excluding hydrogens is 164 g/mol. The summed E-state index contributed by atoms with van der Waals surface area (Å²) >= 11 is 5.69. The van der Waals surface area contributed by atoms with Gasteiger partial charge in [0.2, 0.25) is 0 Å². The Bertz CT molecular complexity index is 123. The molecule has 1 N–H and O–H groups in total. The minimum Gasteiger partial charge on any atom is -0.481 e. The first-order valence-corrected chi connectivity index (χ1v) is 4.38. The van der Waals surface area contributed by atoms with Crippen LogP contribution in [0.5, 0.6) is 0 Å². The lowest BCUT2D eigenvalue weighted by atomic mass is 9.99. The van der Waals surface area contributed by atoms with Gasteiger partial charge in [-0.15, -0.1) is 11.6 Å². The smallest absolute Gasteiger partial charge is 0.306 e. The molecular formula is C8H15ClO2. The molecule has 0 saturated heterocycles. The number of hydrogen-bond donors (Lipinski definition) is 1. The second-order valence-corrected chi connectivity index (χ2v) is 3.59. The van der Waals surface area contributed by atoms with Crippen LogP contribution in [0.15, 0.2) is 0 Å². The molecule has 2 atom stereocenters. The number of carboxylic acids is 1. The van der Waals surface area contributed by atoms with Crippen LogP contribution >= 0.6 is 11.6 Å². The van der Waals surface area contributed by atoms with Gasteiger partial charge in [0.05, 0.1) is 5.92 Å². The van der Waals surface area contributed by atoms with Gasteiger partial charge < -0.3 is 5.11 Å². The van der Waals surface area contributed by atoms with Crippen LogP contribution in [0.1, 0.15) is 33.1 Å². The lowest BCUT2D eigenvalue weighted by Crippen LogP contribution is -2.16. The van der Waals surface area contributed by atoms with E-state index < -0.39 is 5.97 Å². The Hall–Kier alpha value is -0.240. The molecule has 0 aromatic carbocycles. The predicted molar refractivity (Wildman–Crippen MR) is 46.0 cm³/mol. The van der Waals surface area contributed by atoms with E-state index in [2.05, 4.69) is 0 Å². The van der Waals surface area contributed by atoms with E-state index in [1.54, 1.807) is 0 Å². The van der Waals surface area contributed by atoms with Crippen LogP contribution in [-0.2, 0) is 4.79 Å². The molecule has 0 fully saturated rings. The van der Waals surface area contributed by atoms with Crippen molar-refractivity contribution >= 4 is 17.6 Å². The van der Waals surface area contributed by atoms with Gasteiger partial charge in [-0.1, -0.05) is 13.3 Å². The minimum atomic E-state index is -0.723. The van der Waals surface area contributed by atoms with Crippen molar-refractivity contribution in [2.45, 2.75) is 38.5 Å². The molecule has 0 aliphatic carbocycles. The molecule has 2 unspecified atom stereocenters. The number of carbonyl (C=O) groups is 1. The lowest BCUT2D eigenvalue weighted by molar-refractivity contribution is -0.142. The molecule has 11 heavy (non-hydrogen) atoms. The molecule has 0 aromatic heterocycles. The maximum absolute atomic E-state index is 10.6. The van der Waals surface area contributed by atoms with E-state index in [-0.39, 0.29) is 11.3 Å². The highest BCUT2D eigenvalue weighted by molar-refractivity contribution is 6.20. The predicted octanol–water partition coefficient (Wildman–Crippen LogP) is 2.50. The third kappa shape index (κ3) is 5.08. The Balaban J connectivity index is 3.79. The largest absolute Gasteiger partial charge is 0.481 e. The zero-order chi connectivity index (χ0) is 8.85.